The highest BCUT2D eigenvalue weighted by Gasteiger charge is 2.18. The van der Waals surface area contributed by atoms with E-state index in [1.165, 1.54) is 6.42 Å². The van der Waals surface area contributed by atoms with E-state index in [9.17, 15) is 9.36 Å². The molecule has 0 bridgehead atoms. The van der Waals surface area contributed by atoms with Crippen LogP contribution in [-0.4, -0.2) is 23.6 Å². The van der Waals surface area contributed by atoms with Crippen LogP contribution in [0, 0.1) is 0 Å². The minimum absolute atomic E-state index is 0.0000534. The quantitative estimate of drug-likeness (QED) is 0.565. The van der Waals surface area contributed by atoms with E-state index in [1.807, 2.05) is 0 Å². The maximum Gasteiger partial charge on any atom is 0.400 e. The molecule has 3 N–H and O–H groups in total. The number of rotatable bonds is 5. The number of hydrogen-bond donors (Lipinski definition) is 2. The Balaban J connectivity index is 2.13. The fourth-order valence-corrected chi connectivity index (χ4v) is 2.04. The average molecular weight is 251 g/mol. The van der Waals surface area contributed by atoms with Gasteiger partial charge in [0.15, 0.2) is 0 Å². The van der Waals surface area contributed by atoms with Crippen LogP contribution in [-0.2, 0) is 18.6 Å². The predicted octanol–water partition coefficient (Wildman–Crippen LogP) is 1.33. The van der Waals surface area contributed by atoms with Crippen molar-refractivity contribution in [2.45, 2.75) is 44.6 Å². The highest BCUT2D eigenvalue weighted by Crippen LogP contribution is 2.31. The molecular formula is C9H18NO5P. The molecule has 0 radical (unpaired) electrons. The SMILES string of the molecule is NP(=O)(O)OCCC(=O)OC1CCCCC1. The lowest BCUT2D eigenvalue weighted by Crippen LogP contribution is -2.21. The number of carbonyl (C=O) groups is 1. The molecular weight excluding hydrogens is 233 g/mol. The van der Waals surface area contributed by atoms with E-state index in [1.54, 1.807) is 0 Å². The van der Waals surface area contributed by atoms with Crippen molar-refractivity contribution in [1.29, 1.82) is 0 Å². The highest BCUT2D eigenvalue weighted by molar-refractivity contribution is 7.50. The van der Waals surface area contributed by atoms with Gasteiger partial charge in [0.2, 0.25) is 0 Å². The van der Waals surface area contributed by atoms with E-state index in [4.69, 9.17) is 15.1 Å². The smallest absolute Gasteiger partial charge is 0.400 e. The fourth-order valence-electron chi connectivity index (χ4n) is 1.69. The lowest BCUT2D eigenvalue weighted by atomic mass is 9.98. The highest BCUT2D eigenvalue weighted by atomic mass is 31.2. The second-order valence-corrected chi connectivity index (χ2v) is 5.28. The van der Waals surface area contributed by atoms with Crippen LogP contribution in [0.15, 0.2) is 0 Å². The van der Waals surface area contributed by atoms with E-state index in [0.717, 1.165) is 25.7 Å². The molecule has 0 aliphatic heterocycles. The van der Waals surface area contributed by atoms with Crippen molar-refractivity contribution in [3.63, 3.8) is 0 Å². The Morgan fingerprint density at radius 3 is 2.56 bits per heavy atom. The fraction of sp³-hybridized carbons (Fsp3) is 0.889. The molecule has 0 saturated heterocycles. The molecule has 0 amide bonds. The summed E-state index contributed by atoms with van der Waals surface area (Å²) >= 11 is 0. The molecule has 7 heteroatoms. The zero-order valence-corrected chi connectivity index (χ0v) is 10.0. The Hall–Kier alpha value is -0.420. The average Bonchev–Trinajstić information content (AvgIpc) is 2.17. The van der Waals surface area contributed by atoms with Crippen molar-refractivity contribution in [3.05, 3.63) is 0 Å². The van der Waals surface area contributed by atoms with Crippen molar-refractivity contribution in [2.24, 2.45) is 5.50 Å². The summed E-state index contributed by atoms with van der Waals surface area (Å²) in [4.78, 5) is 19.9. The molecule has 0 aromatic heterocycles. The maximum atomic E-state index is 11.3. The van der Waals surface area contributed by atoms with Gasteiger partial charge in [-0.3, -0.25) is 9.32 Å². The van der Waals surface area contributed by atoms with Gasteiger partial charge in [0.05, 0.1) is 13.0 Å². The third-order valence-electron chi connectivity index (χ3n) is 2.43. The van der Waals surface area contributed by atoms with Gasteiger partial charge < -0.3 is 9.63 Å². The minimum atomic E-state index is -3.97. The van der Waals surface area contributed by atoms with Gasteiger partial charge in [-0.2, -0.15) is 0 Å². The number of nitrogens with two attached hydrogens (primary N) is 1. The topological polar surface area (TPSA) is 98.9 Å². The molecule has 6 nitrogen and oxygen atoms in total. The maximum absolute atomic E-state index is 11.3. The Labute approximate surface area is 94.7 Å². The van der Waals surface area contributed by atoms with Crippen LogP contribution >= 0.6 is 7.75 Å². The summed E-state index contributed by atoms with van der Waals surface area (Å²) in [6.07, 6.45) is 5.13. The van der Waals surface area contributed by atoms with E-state index in [-0.39, 0.29) is 19.1 Å². The molecule has 0 spiro atoms. The summed E-state index contributed by atoms with van der Waals surface area (Å²) in [5, 5.41) is 0. The molecule has 1 fully saturated rings. The van der Waals surface area contributed by atoms with Crippen LogP contribution in [0.3, 0.4) is 0 Å². The molecule has 1 aliphatic carbocycles. The van der Waals surface area contributed by atoms with E-state index in [0.29, 0.717) is 0 Å². The number of carbonyl (C=O) groups excluding carboxylic acids is 1. The first-order valence-electron chi connectivity index (χ1n) is 5.43. The second-order valence-electron chi connectivity index (χ2n) is 3.90. The molecule has 0 aromatic rings. The van der Waals surface area contributed by atoms with Gasteiger partial charge in [-0.05, 0) is 25.7 Å². The molecule has 1 aliphatic rings. The minimum Gasteiger partial charge on any atom is -0.462 e. The van der Waals surface area contributed by atoms with Crippen molar-refractivity contribution in [1.82, 2.24) is 0 Å². The van der Waals surface area contributed by atoms with Gasteiger partial charge in [0.25, 0.3) is 0 Å². The Kier molecular flexibility index (Phi) is 5.41. The van der Waals surface area contributed by atoms with Crippen LogP contribution in [0.25, 0.3) is 0 Å². The molecule has 1 rings (SSSR count). The van der Waals surface area contributed by atoms with E-state index in [2.05, 4.69) is 4.52 Å². The Bertz CT molecular complexity index is 271. The van der Waals surface area contributed by atoms with Crippen LogP contribution in [0.2, 0.25) is 0 Å². The summed E-state index contributed by atoms with van der Waals surface area (Å²) in [7, 11) is -3.97. The largest absolute Gasteiger partial charge is 0.462 e. The van der Waals surface area contributed by atoms with Crippen molar-refractivity contribution in [2.75, 3.05) is 6.61 Å². The van der Waals surface area contributed by atoms with Crippen molar-refractivity contribution < 1.29 is 23.5 Å². The Morgan fingerprint density at radius 1 is 1.38 bits per heavy atom. The molecule has 1 atom stereocenters. The normalized spacial score (nSPS) is 21.4. The third kappa shape index (κ3) is 6.23. The van der Waals surface area contributed by atoms with Gasteiger partial charge >= 0.3 is 13.7 Å². The second kappa shape index (κ2) is 6.35. The first-order valence-corrected chi connectivity index (χ1v) is 7.07. The number of hydrogen-bond acceptors (Lipinski definition) is 4. The monoisotopic (exact) mass is 251 g/mol. The molecule has 0 heterocycles. The molecule has 1 saturated carbocycles. The summed E-state index contributed by atoms with van der Waals surface area (Å²) in [6, 6.07) is 0. The van der Waals surface area contributed by atoms with Gasteiger partial charge in [-0.1, -0.05) is 6.42 Å². The van der Waals surface area contributed by atoms with Crippen molar-refractivity contribution >= 4 is 13.7 Å². The van der Waals surface area contributed by atoms with Crippen LogP contribution in [0.5, 0.6) is 0 Å². The zero-order chi connectivity index (χ0) is 12.0. The number of esters is 1. The molecule has 94 valence electrons. The van der Waals surface area contributed by atoms with Crippen LogP contribution in [0.4, 0.5) is 0 Å². The standard InChI is InChI=1S/C9H18NO5P/c10-16(12,13)14-7-6-9(11)15-8-4-2-1-3-5-8/h8H,1-7H2,(H3,10,12,13). The van der Waals surface area contributed by atoms with Gasteiger partial charge in [0, 0.05) is 0 Å². The first-order chi connectivity index (χ1) is 7.47. The molecule has 1 unspecified atom stereocenters. The lowest BCUT2D eigenvalue weighted by molar-refractivity contribution is -0.151. The summed E-state index contributed by atoms with van der Waals surface area (Å²) in [5.41, 5.74) is 4.74. The summed E-state index contributed by atoms with van der Waals surface area (Å²) in [5.74, 6) is -0.402. The van der Waals surface area contributed by atoms with Gasteiger partial charge in [-0.25, -0.2) is 10.1 Å². The molecule has 16 heavy (non-hydrogen) atoms. The van der Waals surface area contributed by atoms with Gasteiger partial charge in [0.1, 0.15) is 6.10 Å². The summed E-state index contributed by atoms with van der Waals surface area (Å²) < 4.78 is 20.1. The zero-order valence-electron chi connectivity index (χ0n) is 9.13. The molecule has 0 aromatic carbocycles. The predicted molar refractivity (Wildman–Crippen MR) is 57.5 cm³/mol. The van der Waals surface area contributed by atoms with Crippen molar-refractivity contribution in [3.8, 4) is 0 Å². The van der Waals surface area contributed by atoms with Gasteiger partial charge in [-0.15, -0.1) is 0 Å². The van der Waals surface area contributed by atoms with Crippen LogP contribution in [0.1, 0.15) is 38.5 Å². The van der Waals surface area contributed by atoms with Crippen LogP contribution < -0.4 is 5.50 Å². The van der Waals surface area contributed by atoms with E-state index < -0.39 is 13.7 Å². The summed E-state index contributed by atoms with van der Waals surface area (Å²) in [6.45, 7) is -0.185. The lowest BCUT2D eigenvalue weighted by Gasteiger charge is -2.21. The third-order valence-corrected chi connectivity index (χ3v) is 2.99. The Morgan fingerprint density at radius 2 is 2.00 bits per heavy atom. The first kappa shape index (κ1) is 13.6. The number of ether oxygens (including phenoxy) is 1. The van der Waals surface area contributed by atoms with E-state index >= 15 is 0 Å².